The Morgan fingerprint density at radius 1 is 1.27 bits per heavy atom. The molecule has 0 spiro atoms. The molecule has 3 aromatic heterocycles. The van der Waals surface area contributed by atoms with Crippen molar-refractivity contribution < 1.29 is 9.13 Å². The van der Waals surface area contributed by atoms with Crippen molar-refractivity contribution in [2.24, 2.45) is 7.05 Å². The van der Waals surface area contributed by atoms with Crippen molar-refractivity contribution in [3.05, 3.63) is 48.3 Å². The molecule has 1 saturated heterocycles. The maximum atomic E-state index is 13.4. The molecule has 0 aliphatic carbocycles. The third-order valence-electron chi connectivity index (χ3n) is 4.80. The van der Waals surface area contributed by atoms with Gasteiger partial charge in [-0.05, 0) is 19.2 Å². The maximum absolute atomic E-state index is 13.4. The molecule has 0 saturated carbocycles. The Hall–Kier alpha value is -2.58. The van der Waals surface area contributed by atoms with Crippen molar-refractivity contribution in [3.63, 3.8) is 0 Å². The number of pyridine rings is 2. The highest BCUT2D eigenvalue weighted by atomic mass is 19.1. The molecule has 8 heteroatoms. The molecule has 1 N–H and O–H groups in total. The number of fused-ring (bicyclic) bond motifs is 1. The molecule has 136 valence electrons. The summed E-state index contributed by atoms with van der Waals surface area (Å²) in [7, 11) is 4.04. The minimum Gasteiger partial charge on any atom is -0.381 e. The Balaban J connectivity index is 1.57. The Bertz CT molecular complexity index is 914. The van der Waals surface area contributed by atoms with Gasteiger partial charge in [-0.25, -0.2) is 9.37 Å². The van der Waals surface area contributed by atoms with Gasteiger partial charge in [0.1, 0.15) is 11.3 Å². The number of aryl methyl sites for hydroxylation is 1. The molecule has 26 heavy (non-hydrogen) atoms. The van der Waals surface area contributed by atoms with E-state index in [1.807, 2.05) is 23.9 Å². The number of ether oxygens (including phenoxy) is 1. The van der Waals surface area contributed by atoms with E-state index in [2.05, 4.69) is 32.3 Å². The first-order valence-electron chi connectivity index (χ1n) is 8.57. The first kappa shape index (κ1) is 16.9. The molecular weight excluding hydrogens is 335 g/mol. The topological polar surface area (TPSA) is 68.1 Å². The van der Waals surface area contributed by atoms with Crippen LogP contribution in [0.2, 0.25) is 0 Å². The van der Waals surface area contributed by atoms with Crippen LogP contribution in [0.25, 0.3) is 11.0 Å². The number of anilines is 1. The SMILES string of the molecule is CN1CCO[C@@H](CNc2ccnc3cc(F)cnc23)[C@@H]1c1ccnn1C. The summed E-state index contributed by atoms with van der Waals surface area (Å²) in [5, 5.41) is 7.69. The smallest absolute Gasteiger partial charge is 0.143 e. The summed E-state index contributed by atoms with van der Waals surface area (Å²) < 4.78 is 21.3. The molecule has 2 atom stereocenters. The summed E-state index contributed by atoms with van der Waals surface area (Å²) in [6.07, 6.45) is 4.61. The van der Waals surface area contributed by atoms with Gasteiger partial charge in [0.25, 0.3) is 0 Å². The number of halogens is 1. The molecule has 0 bridgehead atoms. The number of likely N-dealkylation sites (N-methyl/N-ethyl adjacent to an activating group) is 1. The van der Waals surface area contributed by atoms with Gasteiger partial charge in [-0.2, -0.15) is 5.10 Å². The van der Waals surface area contributed by atoms with E-state index >= 15 is 0 Å². The second kappa shape index (κ2) is 6.97. The molecule has 7 nitrogen and oxygen atoms in total. The minimum absolute atomic E-state index is 0.0483. The molecular formula is C18H21FN6O. The molecule has 0 amide bonds. The highest BCUT2D eigenvalue weighted by Gasteiger charge is 2.33. The fraction of sp³-hybridized carbons (Fsp3) is 0.389. The van der Waals surface area contributed by atoms with Crippen LogP contribution >= 0.6 is 0 Å². The monoisotopic (exact) mass is 356 g/mol. The molecule has 4 rings (SSSR count). The fourth-order valence-corrected chi connectivity index (χ4v) is 3.48. The van der Waals surface area contributed by atoms with E-state index in [1.165, 1.54) is 12.3 Å². The van der Waals surface area contributed by atoms with E-state index in [4.69, 9.17) is 4.74 Å². The molecule has 4 heterocycles. The fourth-order valence-electron chi connectivity index (χ4n) is 3.48. The number of aromatic nitrogens is 4. The maximum Gasteiger partial charge on any atom is 0.143 e. The number of morpholine rings is 1. The summed E-state index contributed by atoms with van der Waals surface area (Å²) in [5.74, 6) is -0.393. The van der Waals surface area contributed by atoms with Gasteiger partial charge in [0.2, 0.25) is 0 Å². The van der Waals surface area contributed by atoms with Crippen molar-refractivity contribution in [2.75, 3.05) is 32.1 Å². The van der Waals surface area contributed by atoms with Crippen LogP contribution in [0.3, 0.4) is 0 Å². The van der Waals surface area contributed by atoms with Gasteiger partial charge in [-0.1, -0.05) is 0 Å². The zero-order valence-electron chi connectivity index (χ0n) is 14.8. The van der Waals surface area contributed by atoms with Crippen LogP contribution < -0.4 is 5.32 Å². The number of nitrogens with one attached hydrogen (secondary N) is 1. The summed E-state index contributed by atoms with van der Waals surface area (Å²) in [5.41, 5.74) is 3.10. The highest BCUT2D eigenvalue weighted by molar-refractivity contribution is 5.86. The molecule has 1 fully saturated rings. The summed E-state index contributed by atoms with van der Waals surface area (Å²) in [6, 6.07) is 5.35. The lowest BCUT2D eigenvalue weighted by Crippen LogP contribution is -2.46. The van der Waals surface area contributed by atoms with Gasteiger partial charge < -0.3 is 10.1 Å². The highest BCUT2D eigenvalue weighted by Crippen LogP contribution is 2.29. The first-order chi connectivity index (χ1) is 12.6. The van der Waals surface area contributed by atoms with Gasteiger partial charge in [0, 0.05) is 38.6 Å². The van der Waals surface area contributed by atoms with E-state index in [0.29, 0.717) is 24.2 Å². The second-order valence-electron chi connectivity index (χ2n) is 6.48. The van der Waals surface area contributed by atoms with Crippen LogP contribution in [-0.4, -0.2) is 57.5 Å². The first-order valence-corrected chi connectivity index (χ1v) is 8.57. The molecule has 1 aliphatic rings. The summed E-state index contributed by atoms with van der Waals surface area (Å²) in [6.45, 7) is 2.14. The van der Waals surface area contributed by atoms with E-state index in [0.717, 1.165) is 17.9 Å². The van der Waals surface area contributed by atoms with Crippen LogP contribution in [0.4, 0.5) is 10.1 Å². The van der Waals surface area contributed by atoms with Crippen LogP contribution in [-0.2, 0) is 11.8 Å². The lowest BCUT2D eigenvalue weighted by atomic mass is 10.0. The number of hydrogen-bond donors (Lipinski definition) is 1. The van der Waals surface area contributed by atoms with Gasteiger partial charge in [-0.15, -0.1) is 0 Å². The molecule has 1 aliphatic heterocycles. The van der Waals surface area contributed by atoms with Crippen molar-refractivity contribution in [1.29, 1.82) is 0 Å². The molecule has 3 aromatic rings. The largest absolute Gasteiger partial charge is 0.381 e. The van der Waals surface area contributed by atoms with Gasteiger partial charge in [-0.3, -0.25) is 14.6 Å². The number of hydrogen-bond acceptors (Lipinski definition) is 6. The standard InChI is InChI=1S/C18H21FN6O/c1-24-7-8-26-16(18(24)15-4-6-23-25(15)2)11-21-13-3-5-20-14-9-12(19)10-22-17(13)14/h3-6,9-10,16,18H,7-8,11H2,1-2H3,(H,20,21)/t16-,18-/m0/s1. The molecule has 0 aromatic carbocycles. The van der Waals surface area contributed by atoms with Crippen LogP contribution in [0, 0.1) is 5.82 Å². The van der Waals surface area contributed by atoms with E-state index in [9.17, 15) is 4.39 Å². The third kappa shape index (κ3) is 3.13. The Labute approximate surface area is 150 Å². The van der Waals surface area contributed by atoms with E-state index in [-0.39, 0.29) is 12.1 Å². The predicted molar refractivity (Wildman–Crippen MR) is 96.3 cm³/mol. The van der Waals surface area contributed by atoms with Crippen LogP contribution in [0.15, 0.2) is 36.8 Å². The number of nitrogens with zero attached hydrogens (tertiary/aromatic N) is 5. The molecule has 0 radical (unpaired) electrons. The van der Waals surface area contributed by atoms with Crippen molar-refractivity contribution in [1.82, 2.24) is 24.6 Å². The Morgan fingerprint density at radius 2 is 2.15 bits per heavy atom. The number of rotatable bonds is 4. The third-order valence-corrected chi connectivity index (χ3v) is 4.80. The predicted octanol–water partition coefficient (Wildman–Crippen LogP) is 1.99. The normalized spacial score (nSPS) is 21.2. The van der Waals surface area contributed by atoms with Crippen LogP contribution in [0.5, 0.6) is 0 Å². The van der Waals surface area contributed by atoms with Gasteiger partial charge in [0.15, 0.2) is 0 Å². The van der Waals surface area contributed by atoms with Crippen molar-refractivity contribution in [2.45, 2.75) is 12.1 Å². The van der Waals surface area contributed by atoms with Gasteiger partial charge in [0.05, 0.1) is 41.8 Å². The van der Waals surface area contributed by atoms with Crippen molar-refractivity contribution >= 4 is 16.7 Å². The van der Waals surface area contributed by atoms with Gasteiger partial charge >= 0.3 is 0 Å². The average molecular weight is 356 g/mol. The Morgan fingerprint density at radius 3 is 2.96 bits per heavy atom. The molecule has 0 unspecified atom stereocenters. The second-order valence-corrected chi connectivity index (χ2v) is 6.48. The van der Waals surface area contributed by atoms with E-state index < -0.39 is 5.82 Å². The lowest BCUT2D eigenvalue weighted by molar-refractivity contribution is -0.0581. The zero-order valence-corrected chi connectivity index (χ0v) is 14.8. The minimum atomic E-state index is -0.393. The van der Waals surface area contributed by atoms with Crippen molar-refractivity contribution in [3.8, 4) is 0 Å². The summed E-state index contributed by atoms with van der Waals surface area (Å²) >= 11 is 0. The zero-order chi connectivity index (χ0) is 18.1. The Kier molecular flexibility index (Phi) is 4.52. The quantitative estimate of drug-likeness (QED) is 0.771. The van der Waals surface area contributed by atoms with Crippen LogP contribution in [0.1, 0.15) is 11.7 Å². The average Bonchev–Trinajstić information content (AvgIpc) is 3.05. The summed E-state index contributed by atoms with van der Waals surface area (Å²) in [4.78, 5) is 10.6. The van der Waals surface area contributed by atoms with E-state index in [1.54, 1.807) is 12.4 Å². The lowest BCUT2D eigenvalue weighted by Gasteiger charge is -2.39.